The van der Waals surface area contributed by atoms with Crippen LogP contribution in [0.25, 0.3) is 0 Å². The Balaban J connectivity index is 0.000000496. The smallest absolute Gasteiger partial charge is 0.388 e. The largest absolute Gasteiger partial charge is 0.416 e. The van der Waals surface area contributed by atoms with Crippen molar-refractivity contribution in [3.63, 3.8) is 0 Å². The summed E-state index contributed by atoms with van der Waals surface area (Å²) < 4.78 is 52.5. The number of aliphatic hydroxyl groups excluding tert-OH is 1. The van der Waals surface area contributed by atoms with Crippen molar-refractivity contribution in [3.05, 3.63) is 63.5 Å². The number of aliphatic hydroxyl groups is 1. The molecule has 8 heteroatoms. The molecule has 4 aliphatic rings. The molecule has 3 heterocycles. The Hall–Kier alpha value is -1.61. The molecule has 4 nitrogen and oxygen atoms in total. The normalized spacial score (nSPS) is 24.1. The molecule has 246 valence electrons. The number of thiol groups is 1. The highest BCUT2D eigenvalue weighted by Crippen LogP contribution is 2.60. The summed E-state index contributed by atoms with van der Waals surface area (Å²) in [5, 5.41) is 11.4. The Kier molecular flexibility index (Phi) is 10.9. The van der Waals surface area contributed by atoms with Crippen molar-refractivity contribution in [1.29, 1.82) is 0 Å². The van der Waals surface area contributed by atoms with Gasteiger partial charge in [-0.05, 0) is 78.9 Å². The molecular weight excluding hydrogens is 583 g/mol. The number of alkyl halides is 3. The van der Waals surface area contributed by atoms with Gasteiger partial charge in [-0.3, -0.25) is 4.98 Å². The SMILES string of the molecule is CC1(C)Cc2nc(C3CCOCC3)c3c(c2C(O)C1)C1(CCCC1)O[C@H]3c1ccc(C(F)(F)F)cc1.CCC(C)(C)C.CS. The van der Waals surface area contributed by atoms with Crippen LogP contribution >= 0.6 is 12.6 Å². The summed E-state index contributed by atoms with van der Waals surface area (Å²) in [6, 6.07) is 5.40. The fourth-order valence-corrected chi connectivity index (χ4v) is 7.11. The lowest BCUT2D eigenvalue weighted by molar-refractivity contribution is -0.137. The molecule has 2 fully saturated rings. The lowest BCUT2D eigenvalue weighted by atomic mass is 9.70. The highest BCUT2D eigenvalue weighted by atomic mass is 32.1. The maximum absolute atomic E-state index is 13.3. The molecule has 44 heavy (non-hydrogen) atoms. The van der Waals surface area contributed by atoms with Gasteiger partial charge in [-0.15, -0.1) is 0 Å². The topological polar surface area (TPSA) is 51.6 Å². The number of hydrogen-bond acceptors (Lipinski definition) is 5. The molecule has 0 radical (unpaired) electrons. The molecule has 2 aromatic rings. The zero-order valence-electron chi connectivity index (χ0n) is 27.6. The fraction of sp³-hybridized carbons (Fsp3) is 0.694. The molecule has 1 aromatic carbocycles. The third-order valence-electron chi connectivity index (χ3n) is 9.79. The van der Waals surface area contributed by atoms with Crippen LogP contribution in [0.15, 0.2) is 24.3 Å². The van der Waals surface area contributed by atoms with Gasteiger partial charge in [0.25, 0.3) is 0 Å². The van der Waals surface area contributed by atoms with Crippen LogP contribution in [0.5, 0.6) is 0 Å². The highest BCUT2D eigenvalue weighted by Gasteiger charge is 2.53. The standard InChI is InChI=1S/C29H34F3NO3.C6H14.CH4S/c1-27(2)15-20-22(21(34)16-27)24-23(25(33-20)17-9-13-35-14-10-17)26(36-28(24)11-3-4-12-28)18-5-7-19(8-6-18)29(30,31)32;1-5-6(2,3)4;1-2/h5-8,17,21,26,34H,3-4,9-16H2,1-2H3;5H2,1-4H3;2H,1H3/t21?,26-;;/m0../s1. The summed E-state index contributed by atoms with van der Waals surface area (Å²) in [5.74, 6) is 0.206. The first-order chi connectivity index (χ1) is 20.6. The predicted octanol–water partition coefficient (Wildman–Crippen LogP) is 9.88. The lowest BCUT2D eigenvalue weighted by Crippen LogP contribution is -2.32. The van der Waals surface area contributed by atoms with Crippen LogP contribution in [0.2, 0.25) is 0 Å². The van der Waals surface area contributed by atoms with Gasteiger partial charge in [0.2, 0.25) is 0 Å². The van der Waals surface area contributed by atoms with Gasteiger partial charge in [0, 0.05) is 36.0 Å². The maximum atomic E-state index is 13.3. The van der Waals surface area contributed by atoms with Gasteiger partial charge < -0.3 is 14.6 Å². The summed E-state index contributed by atoms with van der Waals surface area (Å²) in [6.07, 6.45) is 4.42. The van der Waals surface area contributed by atoms with Gasteiger partial charge in [-0.25, -0.2) is 0 Å². The minimum atomic E-state index is -4.38. The van der Waals surface area contributed by atoms with Crippen molar-refractivity contribution in [2.45, 2.75) is 129 Å². The molecule has 2 atom stereocenters. The Morgan fingerprint density at radius 1 is 0.977 bits per heavy atom. The highest BCUT2D eigenvalue weighted by molar-refractivity contribution is 7.79. The molecule has 0 amide bonds. The number of ether oxygens (including phenoxy) is 2. The molecule has 0 bridgehead atoms. The number of halogens is 3. The van der Waals surface area contributed by atoms with Crippen molar-refractivity contribution in [3.8, 4) is 0 Å². The van der Waals surface area contributed by atoms with E-state index in [0.717, 1.165) is 85.2 Å². The van der Waals surface area contributed by atoms with E-state index >= 15 is 0 Å². The zero-order valence-corrected chi connectivity index (χ0v) is 28.5. The Labute approximate surface area is 267 Å². The first-order valence-electron chi connectivity index (χ1n) is 16.3. The molecule has 2 aliphatic heterocycles. The summed E-state index contributed by atoms with van der Waals surface area (Å²) >= 11 is 3.53. The summed E-state index contributed by atoms with van der Waals surface area (Å²) in [4.78, 5) is 5.27. The molecule has 1 saturated carbocycles. The average Bonchev–Trinajstić information content (AvgIpc) is 3.58. The Bertz CT molecular complexity index is 1260. The van der Waals surface area contributed by atoms with Crippen LogP contribution in [0, 0.1) is 10.8 Å². The zero-order chi connectivity index (χ0) is 32.5. The van der Waals surface area contributed by atoms with E-state index in [4.69, 9.17) is 14.5 Å². The van der Waals surface area contributed by atoms with E-state index in [1.165, 1.54) is 6.42 Å². The van der Waals surface area contributed by atoms with Gasteiger partial charge in [0.05, 0.1) is 23.0 Å². The summed E-state index contributed by atoms with van der Waals surface area (Å²) in [6.45, 7) is 14.6. The monoisotopic (exact) mass is 635 g/mol. The van der Waals surface area contributed by atoms with Crippen LogP contribution < -0.4 is 0 Å². The third kappa shape index (κ3) is 7.50. The van der Waals surface area contributed by atoms with E-state index in [1.54, 1.807) is 18.4 Å². The van der Waals surface area contributed by atoms with E-state index in [0.29, 0.717) is 30.6 Å². The van der Waals surface area contributed by atoms with Crippen molar-refractivity contribution in [2.24, 2.45) is 10.8 Å². The van der Waals surface area contributed by atoms with Crippen LogP contribution in [-0.4, -0.2) is 29.6 Å². The van der Waals surface area contributed by atoms with E-state index in [9.17, 15) is 18.3 Å². The van der Waals surface area contributed by atoms with Crippen molar-refractivity contribution in [1.82, 2.24) is 4.98 Å². The second-order valence-corrected chi connectivity index (χ2v) is 14.8. The second kappa shape index (κ2) is 13.6. The molecule has 1 saturated heterocycles. The average molecular weight is 636 g/mol. The number of rotatable bonds is 2. The van der Waals surface area contributed by atoms with Gasteiger partial charge in [0.1, 0.15) is 6.10 Å². The predicted molar refractivity (Wildman–Crippen MR) is 173 cm³/mol. The van der Waals surface area contributed by atoms with E-state index < -0.39 is 29.5 Å². The van der Waals surface area contributed by atoms with Crippen LogP contribution in [0.1, 0.15) is 150 Å². The maximum Gasteiger partial charge on any atom is 0.416 e. The van der Waals surface area contributed by atoms with Crippen molar-refractivity contribution in [2.75, 3.05) is 19.5 Å². The van der Waals surface area contributed by atoms with Crippen LogP contribution in [-0.2, 0) is 27.7 Å². The minimum Gasteiger partial charge on any atom is -0.388 e. The molecule has 1 unspecified atom stereocenters. The lowest BCUT2D eigenvalue weighted by Gasteiger charge is -2.38. The van der Waals surface area contributed by atoms with Gasteiger partial charge in [-0.1, -0.05) is 72.9 Å². The number of benzene rings is 1. The van der Waals surface area contributed by atoms with Crippen LogP contribution in [0.3, 0.4) is 0 Å². The minimum absolute atomic E-state index is 0.0598. The number of hydrogen-bond donors (Lipinski definition) is 2. The molecule has 2 aliphatic carbocycles. The number of fused-ring (bicyclic) bond motifs is 4. The van der Waals surface area contributed by atoms with E-state index in [-0.39, 0.29) is 11.3 Å². The van der Waals surface area contributed by atoms with E-state index in [2.05, 4.69) is 54.2 Å². The number of nitrogens with zero attached hydrogens (tertiary/aromatic N) is 1. The second-order valence-electron chi connectivity index (χ2n) is 14.8. The van der Waals surface area contributed by atoms with Gasteiger partial charge in [-0.2, -0.15) is 25.8 Å². The summed E-state index contributed by atoms with van der Waals surface area (Å²) in [7, 11) is 0. The molecule has 1 N–H and O–H groups in total. The fourth-order valence-electron chi connectivity index (χ4n) is 7.11. The molecule has 1 spiro atoms. The Morgan fingerprint density at radius 2 is 1.55 bits per heavy atom. The third-order valence-corrected chi connectivity index (χ3v) is 9.79. The van der Waals surface area contributed by atoms with Crippen molar-refractivity contribution < 1.29 is 27.8 Å². The number of aromatic nitrogens is 1. The first kappa shape index (κ1) is 35.2. The molecule has 6 rings (SSSR count). The quantitative estimate of drug-likeness (QED) is 0.323. The number of pyridine rings is 1. The van der Waals surface area contributed by atoms with E-state index in [1.807, 2.05) is 0 Å². The summed E-state index contributed by atoms with van der Waals surface area (Å²) in [5.41, 5.74) is 5.03. The van der Waals surface area contributed by atoms with Crippen molar-refractivity contribution >= 4 is 12.6 Å². The van der Waals surface area contributed by atoms with Gasteiger partial charge >= 0.3 is 6.18 Å². The molecule has 1 aromatic heterocycles. The molecular formula is C36H52F3NO3S. The Morgan fingerprint density at radius 3 is 2.07 bits per heavy atom. The van der Waals surface area contributed by atoms with Gasteiger partial charge in [0.15, 0.2) is 0 Å². The first-order valence-corrected chi connectivity index (χ1v) is 17.2. The van der Waals surface area contributed by atoms with Crippen LogP contribution in [0.4, 0.5) is 13.2 Å².